The summed E-state index contributed by atoms with van der Waals surface area (Å²) in [5, 5.41) is 12.4. The Balaban J connectivity index is 2.20. The molecule has 1 fully saturated rings. The molecule has 98 valence electrons. The summed E-state index contributed by atoms with van der Waals surface area (Å²) in [4.78, 5) is 11.2. The van der Waals surface area contributed by atoms with Crippen molar-refractivity contribution in [2.75, 3.05) is 18.2 Å². The molecule has 0 heterocycles. The predicted molar refractivity (Wildman–Crippen MR) is 69.9 cm³/mol. The van der Waals surface area contributed by atoms with Crippen LogP contribution in [0.15, 0.2) is 18.2 Å². The highest BCUT2D eigenvalue weighted by molar-refractivity contribution is 5.95. The normalized spacial score (nSPS) is 22.9. The lowest BCUT2D eigenvalue weighted by molar-refractivity contribution is 0.0697. The summed E-state index contributed by atoms with van der Waals surface area (Å²) < 4.78 is 5.39. The fourth-order valence-electron chi connectivity index (χ4n) is 2.44. The zero-order chi connectivity index (χ0) is 13.1. The van der Waals surface area contributed by atoms with Crippen LogP contribution < -0.4 is 11.1 Å². The maximum absolute atomic E-state index is 11.2. The highest BCUT2D eigenvalue weighted by Gasteiger charge is 2.27. The van der Waals surface area contributed by atoms with Gasteiger partial charge in [0.05, 0.1) is 17.7 Å². The van der Waals surface area contributed by atoms with Gasteiger partial charge in [-0.05, 0) is 37.5 Å². The van der Waals surface area contributed by atoms with Crippen molar-refractivity contribution in [3.8, 4) is 0 Å². The molecule has 0 spiro atoms. The van der Waals surface area contributed by atoms with Crippen LogP contribution in [0.25, 0.3) is 0 Å². The Labute approximate surface area is 106 Å². The summed E-state index contributed by atoms with van der Waals surface area (Å²) in [6.45, 7) is 0. The molecule has 0 aliphatic heterocycles. The van der Waals surface area contributed by atoms with Crippen LogP contribution >= 0.6 is 0 Å². The van der Waals surface area contributed by atoms with E-state index >= 15 is 0 Å². The predicted octanol–water partition coefficient (Wildman–Crippen LogP) is 1.95. The average molecular weight is 250 g/mol. The Morgan fingerprint density at radius 3 is 2.94 bits per heavy atom. The van der Waals surface area contributed by atoms with Gasteiger partial charge in [0.2, 0.25) is 0 Å². The van der Waals surface area contributed by atoms with Crippen molar-refractivity contribution in [3.63, 3.8) is 0 Å². The second-order valence-electron chi connectivity index (χ2n) is 4.57. The summed E-state index contributed by atoms with van der Waals surface area (Å²) in [7, 11) is 1.69. The number of aromatic carboxylic acids is 1. The van der Waals surface area contributed by atoms with E-state index in [4.69, 9.17) is 15.6 Å². The maximum Gasteiger partial charge on any atom is 0.337 e. The van der Waals surface area contributed by atoms with E-state index < -0.39 is 5.97 Å². The van der Waals surface area contributed by atoms with E-state index in [1.165, 1.54) is 6.07 Å². The largest absolute Gasteiger partial charge is 0.478 e. The van der Waals surface area contributed by atoms with Crippen molar-refractivity contribution in [2.45, 2.75) is 31.4 Å². The molecule has 5 nitrogen and oxygen atoms in total. The first-order chi connectivity index (χ1) is 8.61. The molecule has 0 radical (unpaired) electrons. The Morgan fingerprint density at radius 1 is 1.50 bits per heavy atom. The third-order valence-electron chi connectivity index (χ3n) is 3.37. The smallest absolute Gasteiger partial charge is 0.337 e. The van der Waals surface area contributed by atoms with E-state index in [-0.39, 0.29) is 17.7 Å². The first-order valence-electron chi connectivity index (χ1n) is 6.04. The summed E-state index contributed by atoms with van der Waals surface area (Å²) in [6, 6.07) is 5.05. The molecule has 1 aromatic rings. The first kappa shape index (κ1) is 12.7. The van der Waals surface area contributed by atoms with Gasteiger partial charge < -0.3 is 20.9 Å². The minimum absolute atomic E-state index is 0.143. The first-order valence-corrected chi connectivity index (χ1v) is 6.04. The van der Waals surface area contributed by atoms with Crippen molar-refractivity contribution < 1.29 is 14.6 Å². The number of benzene rings is 1. The number of carbonyl (C=O) groups is 1. The van der Waals surface area contributed by atoms with Crippen LogP contribution in [0.2, 0.25) is 0 Å². The van der Waals surface area contributed by atoms with E-state index in [0.29, 0.717) is 11.4 Å². The molecule has 2 unspecified atom stereocenters. The lowest BCUT2D eigenvalue weighted by Gasteiger charge is -2.22. The number of methoxy groups -OCH3 is 1. The lowest BCUT2D eigenvalue weighted by Crippen LogP contribution is -2.30. The van der Waals surface area contributed by atoms with E-state index in [0.717, 1.165) is 19.3 Å². The zero-order valence-corrected chi connectivity index (χ0v) is 10.3. The monoisotopic (exact) mass is 250 g/mol. The van der Waals surface area contributed by atoms with Gasteiger partial charge in [0.1, 0.15) is 0 Å². The molecule has 1 aliphatic rings. The van der Waals surface area contributed by atoms with Gasteiger partial charge in [-0.1, -0.05) is 0 Å². The van der Waals surface area contributed by atoms with Crippen LogP contribution in [-0.4, -0.2) is 30.3 Å². The molecule has 18 heavy (non-hydrogen) atoms. The van der Waals surface area contributed by atoms with E-state index in [2.05, 4.69) is 5.32 Å². The number of nitrogen functional groups attached to an aromatic ring is 1. The van der Waals surface area contributed by atoms with Gasteiger partial charge in [-0.3, -0.25) is 0 Å². The van der Waals surface area contributed by atoms with E-state index in [1.54, 1.807) is 19.2 Å². The van der Waals surface area contributed by atoms with Crippen LogP contribution in [0, 0.1) is 0 Å². The third kappa shape index (κ3) is 2.56. The van der Waals surface area contributed by atoms with Gasteiger partial charge in [0.25, 0.3) is 0 Å². The molecule has 0 saturated heterocycles. The van der Waals surface area contributed by atoms with Gasteiger partial charge >= 0.3 is 5.97 Å². The fraction of sp³-hybridized carbons (Fsp3) is 0.462. The topological polar surface area (TPSA) is 84.6 Å². The maximum atomic E-state index is 11.2. The fourth-order valence-corrected chi connectivity index (χ4v) is 2.44. The molecule has 1 saturated carbocycles. The van der Waals surface area contributed by atoms with Crippen molar-refractivity contribution in [2.24, 2.45) is 0 Å². The highest BCUT2D eigenvalue weighted by atomic mass is 16.5. The SMILES string of the molecule is COC1CCCC1Nc1ccc(N)cc1C(=O)O. The van der Waals surface area contributed by atoms with Crippen LogP contribution in [0.3, 0.4) is 0 Å². The molecular weight excluding hydrogens is 232 g/mol. The lowest BCUT2D eigenvalue weighted by atomic mass is 10.1. The molecule has 1 aromatic carbocycles. The number of ether oxygens (including phenoxy) is 1. The van der Waals surface area contributed by atoms with Gasteiger partial charge in [-0.25, -0.2) is 4.79 Å². The molecule has 0 aromatic heterocycles. The summed E-state index contributed by atoms with van der Waals surface area (Å²) in [5.41, 5.74) is 6.87. The van der Waals surface area contributed by atoms with E-state index in [9.17, 15) is 4.79 Å². The van der Waals surface area contributed by atoms with Crippen LogP contribution in [0.1, 0.15) is 29.6 Å². The van der Waals surface area contributed by atoms with Crippen LogP contribution in [-0.2, 0) is 4.74 Å². The minimum atomic E-state index is -0.975. The van der Waals surface area contributed by atoms with Crippen molar-refractivity contribution in [3.05, 3.63) is 23.8 Å². The zero-order valence-electron chi connectivity index (χ0n) is 10.3. The third-order valence-corrected chi connectivity index (χ3v) is 3.37. The minimum Gasteiger partial charge on any atom is -0.478 e. The molecule has 4 N–H and O–H groups in total. The highest BCUT2D eigenvalue weighted by Crippen LogP contribution is 2.27. The van der Waals surface area contributed by atoms with Gasteiger partial charge in [0.15, 0.2) is 0 Å². The number of nitrogens with one attached hydrogen (secondary N) is 1. The Kier molecular flexibility index (Phi) is 3.72. The number of rotatable bonds is 4. The molecule has 0 amide bonds. The number of hydrogen-bond donors (Lipinski definition) is 3. The number of carboxylic acid groups (broad SMARTS) is 1. The standard InChI is InChI=1S/C13H18N2O3/c1-18-12-4-2-3-11(12)15-10-6-5-8(14)7-9(10)13(16)17/h5-7,11-12,15H,2-4,14H2,1H3,(H,16,17). The Morgan fingerprint density at radius 2 is 2.28 bits per heavy atom. The quantitative estimate of drug-likeness (QED) is 0.711. The number of nitrogens with two attached hydrogens (primary N) is 1. The van der Waals surface area contributed by atoms with Gasteiger partial charge in [-0.2, -0.15) is 0 Å². The average Bonchev–Trinajstić information content (AvgIpc) is 2.78. The molecule has 0 bridgehead atoms. The van der Waals surface area contributed by atoms with Gasteiger partial charge in [0, 0.05) is 18.5 Å². The molecular formula is C13H18N2O3. The Bertz CT molecular complexity index is 448. The summed E-state index contributed by atoms with van der Waals surface area (Å²) in [6.07, 6.45) is 3.23. The van der Waals surface area contributed by atoms with Crippen LogP contribution in [0.4, 0.5) is 11.4 Å². The second kappa shape index (κ2) is 5.27. The number of anilines is 2. The summed E-state index contributed by atoms with van der Waals surface area (Å²) in [5.74, 6) is -0.975. The van der Waals surface area contributed by atoms with Crippen LogP contribution in [0.5, 0.6) is 0 Å². The van der Waals surface area contributed by atoms with Gasteiger partial charge in [-0.15, -0.1) is 0 Å². The van der Waals surface area contributed by atoms with Crippen molar-refractivity contribution in [1.29, 1.82) is 0 Å². The Hall–Kier alpha value is -1.75. The molecule has 2 rings (SSSR count). The molecule has 1 aliphatic carbocycles. The second-order valence-corrected chi connectivity index (χ2v) is 4.57. The number of hydrogen-bond acceptors (Lipinski definition) is 4. The number of carboxylic acids is 1. The van der Waals surface area contributed by atoms with E-state index in [1.807, 2.05) is 0 Å². The van der Waals surface area contributed by atoms with Crippen molar-refractivity contribution in [1.82, 2.24) is 0 Å². The molecule has 2 atom stereocenters. The van der Waals surface area contributed by atoms with Crippen molar-refractivity contribution >= 4 is 17.3 Å². The summed E-state index contributed by atoms with van der Waals surface area (Å²) >= 11 is 0. The molecule has 5 heteroatoms.